The molecule has 0 radical (unpaired) electrons. The highest BCUT2D eigenvalue weighted by Crippen LogP contribution is 2.41. The highest BCUT2D eigenvalue weighted by atomic mass is 32.1. The Morgan fingerprint density at radius 2 is 2.15 bits per heavy atom. The van der Waals surface area contributed by atoms with Crippen LogP contribution in [0.25, 0.3) is 0 Å². The van der Waals surface area contributed by atoms with Crippen LogP contribution in [0.2, 0.25) is 0 Å². The second kappa shape index (κ2) is 5.30. The van der Waals surface area contributed by atoms with Gasteiger partial charge in [-0.2, -0.15) is 0 Å². The average Bonchev–Trinajstić information content (AvgIpc) is 2.84. The quantitative estimate of drug-likeness (QED) is 0.907. The van der Waals surface area contributed by atoms with E-state index in [1.54, 1.807) is 11.3 Å². The molecule has 3 heteroatoms. The molecule has 0 saturated heterocycles. The predicted molar refractivity (Wildman–Crippen MR) is 85.1 cm³/mol. The summed E-state index contributed by atoms with van der Waals surface area (Å²) in [5, 5.41) is 4.86. The van der Waals surface area contributed by atoms with Gasteiger partial charge in [0.2, 0.25) is 0 Å². The Hall–Kier alpha value is -1.19. The third kappa shape index (κ3) is 2.65. The Bertz CT molecular complexity index is 601. The Kier molecular flexibility index (Phi) is 3.65. The lowest BCUT2D eigenvalue weighted by Gasteiger charge is -2.37. The molecule has 0 fully saturated rings. The predicted octanol–water partition coefficient (Wildman–Crippen LogP) is 4.35. The number of aryl methyl sites for hydroxylation is 1. The topological polar surface area (TPSA) is 24.9 Å². The molecule has 0 saturated carbocycles. The molecule has 106 valence electrons. The van der Waals surface area contributed by atoms with E-state index in [9.17, 15) is 0 Å². The molecule has 1 aromatic heterocycles. The number of rotatable bonds is 3. The molecule has 3 rings (SSSR count). The smallest absolute Gasteiger partial charge is 0.0897 e. The summed E-state index contributed by atoms with van der Waals surface area (Å²) < 4.78 is 0. The fourth-order valence-corrected chi connectivity index (χ4v) is 3.88. The number of hydrogen-bond acceptors (Lipinski definition) is 3. The Morgan fingerprint density at radius 3 is 2.90 bits per heavy atom. The number of aromatic nitrogens is 1. The molecule has 2 aromatic rings. The SMILES string of the molecule is Cc1ncc(CNC2CCC(C)(C)c3ccccc32)s1. The van der Waals surface area contributed by atoms with E-state index in [1.165, 1.54) is 28.8 Å². The molecule has 1 N–H and O–H groups in total. The Morgan fingerprint density at radius 1 is 1.35 bits per heavy atom. The summed E-state index contributed by atoms with van der Waals surface area (Å²) in [5.41, 5.74) is 3.28. The normalized spacial score (nSPS) is 20.6. The molecule has 20 heavy (non-hydrogen) atoms. The Balaban J connectivity index is 1.78. The summed E-state index contributed by atoms with van der Waals surface area (Å²) in [7, 11) is 0. The second-order valence-corrected chi connectivity index (χ2v) is 7.61. The number of benzene rings is 1. The molecule has 1 aromatic carbocycles. The van der Waals surface area contributed by atoms with Crippen LogP contribution in [0.5, 0.6) is 0 Å². The third-order valence-corrected chi connectivity index (χ3v) is 5.23. The van der Waals surface area contributed by atoms with Gasteiger partial charge in [-0.05, 0) is 36.3 Å². The Labute approximate surface area is 125 Å². The van der Waals surface area contributed by atoms with E-state index in [-0.39, 0.29) is 0 Å². The number of fused-ring (bicyclic) bond motifs is 1. The summed E-state index contributed by atoms with van der Waals surface area (Å²) in [4.78, 5) is 5.65. The molecule has 1 aliphatic carbocycles. The second-order valence-electron chi connectivity index (χ2n) is 6.29. The minimum atomic E-state index is 0.301. The summed E-state index contributed by atoms with van der Waals surface area (Å²) in [6.07, 6.45) is 4.44. The van der Waals surface area contributed by atoms with Crippen LogP contribution in [0, 0.1) is 6.92 Å². The molecule has 1 unspecified atom stereocenters. The minimum absolute atomic E-state index is 0.301. The van der Waals surface area contributed by atoms with Crippen molar-refractivity contribution in [2.24, 2.45) is 0 Å². The molecule has 0 bridgehead atoms. The van der Waals surface area contributed by atoms with E-state index in [0.717, 1.165) is 11.6 Å². The monoisotopic (exact) mass is 286 g/mol. The first-order valence-electron chi connectivity index (χ1n) is 7.30. The van der Waals surface area contributed by atoms with Crippen molar-refractivity contribution in [2.45, 2.75) is 51.6 Å². The van der Waals surface area contributed by atoms with Crippen LogP contribution in [0.4, 0.5) is 0 Å². The van der Waals surface area contributed by atoms with Gasteiger partial charge in [0.1, 0.15) is 0 Å². The number of thiazole rings is 1. The van der Waals surface area contributed by atoms with Crippen LogP contribution in [0.1, 0.15) is 53.7 Å². The van der Waals surface area contributed by atoms with Crippen molar-refractivity contribution in [2.75, 3.05) is 0 Å². The standard InChI is InChI=1S/C17H22N2S/c1-12-18-10-13(20-12)11-19-16-8-9-17(2,3)15-7-5-4-6-14(15)16/h4-7,10,16,19H,8-9,11H2,1-3H3. The van der Waals surface area contributed by atoms with Crippen LogP contribution in [0.3, 0.4) is 0 Å². The zero-order valence-corrected chi connectivity index (χ0v) is 13.3. The van der Waals surface area contributed by atoms with Crippen molar-refractivity contribution in [3.63, 3.8) is 0 Å². The van der Waals surface area contributed by atoms with Crippen molar-refractivity contribution in [1.82, 2.24) is 10.3 Å². The van der Waals surface area contributed by atoms with Gasteiger partial charge in [0, 0.05) is 23.7 Å². The van der Waals surface area contributed by atoms with Gasteiger partial charge in [0.15, 0.2) is 0 Å². The summed E-state index contributed by atoms with van der Waals surface area (Å²) in [6.45, 7) is 7.70. The zero-order valence-electron chi connectivity index (χ0n) is 12.4. The van der Waals surface area contributed by atoms with E-state index >= 15 is 0 Å². The largest absolute Gasteiger partial charge is 0.305 e. The van der Waals surface area contributed by atoms with Crippen LogP contribution < -0.4 is 5.32 Å². The van der Waals surface area contributed by atoms with Gasteiger partial charge in [-0.25, -0.2) is 4.98 Å². The molecule has 0 aliphatic heterocycles. The first-order chi connectivity index (χ1) is 9.56. The number of nitrogens with one attached hydrogen (secondary N) is 1. The fourth-order valence-electron chi connectivity index (χ4n) is 3.14. The van der Waals surface area contributed by atoms with E-state index in [1.807, 2.05) is 6.20 Å². The van der Waals surface area contributed by atoms with Crippen molar-refractivity contribution in [1.29, 1.82) is 0 Å². The molecular weight excluding hydrogens is 264 g/mol. The van der Waals surface area contributed by atoms with Crippen LogP contribution in [-0.4, -0.2) is 4.98 Å². The molecule has 1 heterocycles. The van der Waals surface area contributed by atoms with Gasteiger partial charge in [0.25, 0.3) is 0 Å². The fraction of sp³-hybridized carbons (Fsp3) is 0.471. The van der Waals surface area contributed by atoms with E-state index in [2.05, 4.69) is 55.3 Å². The molecule has 1 aliphatic rings. The average molecular weight is 286 g/mol. The van der Waals surface area contributed by atoms with Gasteiger partial charge < -0.3 is 5.32 Å². The van der Waals surface area contributed by atoms with Crippen molar-refractivity contribution < 1.29 is 0 Å². The maximum absolute atomic E-state index is 4.33. The molecule has 1 atom stereocenters. The third-order valence-electron chi connectivity index (χ3n) is 4.32. The van der Waals surface area contributed by atoms with Gasteiger partial charge in [-0.3, -0.25) is 0 Å². The van der Waals surface area contributed by atoms with Gasteiger partial charge in [-0.15, -0.1) is 11.3 Å². The summed E-state index contributed by atoms with van der Waals surface area (Å²) >= 11 is 1.78. The lowest BCUT2D eigenvalue weighted by Crippen LogP contribution is -2.32. The van der Waals surface area contributed by atoms with Crippen molar-refractivity contribution in [3.05, 3.63) is 51.5 Å². The summed E-state index contributed by atoms with van der Waals surface area (Å²) in [6, 6.07) is 9.37. The number of nitrogens with zero attached hydrogens (tertiary/aromatic N) is 1. The van der Waals surface area contributed by atoms with Crippen LogP contribution >= 0.6 is 11.3 Å². The zero-order chi connectivity index (χ0) is 14.2. The van der Waals surface area contributed by atoms with Crippen molar-refractivity contribution in [3.8, 4) is 0 Å². The lowest BCUT2D eigenvalue weighted by molar-refractivity contribution is 0.358. The van der Waals surface area contributed by atoms with E-state index in [4.69, 9.17) is 0 Å². The maximum Gasteiger partial charge on any atom is 0.0897 e. The van der Waals surface area contributed by atoms with Gasteiger partial charge in [-0.1, -0.05) is 38.1 Å². The summed E-state index contributed by atoms with van der Waals surface area (Å²) in [5.74, 6) is 0. The maximum atomic E-state index is 4.33. The van der Waals surface area contributed by atoms with Gasteiger partial charge in [0.05, 0.1) is 5.01 Å². The first kappa shape index (κ1) is 13.8. The number of hydrogen-bond donors (Lipinski definition) is 1. The molecule has 0 spiro atoms. The van der Waals surface area contributed by atoms with Crippen molar-refractivity contribution >= 4 is 11.3 Å². The van der Waals surface area contributed by atoms with Crippen LogP contribution in [0.15, 0.2) is 30.5 Å². The highest BCUT2D eigenvalue weighted by molar-refractivity contribution is 7.11. The first-order valence-corrected chi connectivity index (χ1v) is 8.12. The minimum Gasteiger partial charge on any atom is -0.305 e. The molecule has 0 amide bonds. The molecule has 2 nitrogen and oxygen atoms in total. The van der Waals surface area contributed by atoms with E-state index in [0.29, 0.717) is 11.5 Å². The lowest BCUT2D eigenvalue weighted by atomic mass is 9.71. The van der Waals surface area contributed by atoms with Gasteiger partial charge >= 0.3 is 0 Å². The molecular formula is C17H22N2S. The van der Waals surface area contributed by atoms with E-state index < -0.39 is 0 Å². The highest BCUT2D eigenvalue weighted by Gasteiger charge is 2.31. The van der Waals surface area contributed by atoms with Crippen LogP contribution in [-0.2, 0) is 12.0 Å².